The first-order valence-electron chi connectivity index (χ1n) is 6.64. The molecule has 0 atom stereocenters. The van der Waals surface area contributed by atoms with Gasteiger partial charge in [0.05, 0.1) is 6.42 Å². The van der Waals surface area contributed by atoms with Gasteiger partial charge in [0.1, 0.15) is 0 Å². The quantitative estimate of drug-likeness (QED) is 0.799. The Balaban J connectivity index is 1.68. The highest BCUT2D eigenvalue weighted by Crippen LogP contribution is 2.14. The van der Waals surface area contributed by atoms with Gasteiger partial charge in [-0.2, -0.15) is 0 Å². The second-order valence-electron chi connectivity index (χ2n) is 4.63. The lowest BCUT2D eigenvalue weighted by Gasteiger charge is -2.00. The van der Waals surface area contributed by atoms with E-state index in [1.54, 1.807) is 24.3 Å². The lowest BCUT2D eigenvalue weighted by Crippen LogP contribution is -2.11. The minimum absolute atomic E-state index is 0.0657. The Morgan fingerprint density at radius 3 is 2.68 bits per heavy atom. The Kier molecular flexibility index (Phi) is 4.16. The first kappa shape index (κ1) is 14.3. The number of rotatable bonds is 4. The number of aromatic nitrogens is 2. The van der Waals surface area contributed by atoms with E-state index in [0.717, 1.165) is 5.56 Å². The highest BCUT2D eigenvalue weighted by molar-refractivity contribution is 6.31. The van der Waals surface area contributed by atoms with E-state index in [2.05, 4.69) is 15.5 Å². The standard InChI is InChI=1S/C16H12ClN3O2/c17-13-8-4-7-12(10-13)15(21)18-16-20-19-14(22-16)9-11-5-2-1-3-6-11/h1-8,10H,9H2,(H,18,20,21). The van der Waals surface area contributed by atoms with Gasteiger partial charge in [0, 0.05) is 10.6 Å². The molecule has 0 spiro atoms. The van der Waals surface area contributed by atoms with E-state index < -0.39 is 0 Å². The number of amides is 1. The number of hydrogen-bond donors (Lipinski definition) is 1. The fourth-order valence-corrected chi connectivity index (χ4v) is 2.14. The van der Waals surface area contributed by atoms with Crippen LogP contribution in [0.1, 0.15) is 21.8 Å². The van der Waals surface area contributed by atoms with E-state index in [-0.39, 0.29) is 11.9 Å². The number of benzene rings is 2. The van der Waals surface area contributed by atoms with Crippen molar-refractivity contribution in [1.29, 1.82) is 0 Å². The van der Waals surface area contributed by atoms with E-state index >= 15 is 0 Å². The molecule has 110 valence electrons. The van der Waals surface area contributed by atoms with Crippen LogP contribution < -0.4 is 5.32 Å². The highest BCUT2D eigenvalue weighted by Gasteiger charge is 2.12. The van der Waals surface area contributed by atoms with Crippen molar-refractivity contribution < 1.29 is 9.21 Å². The van der Waals surface area contributed by atoms with Gasteiger partial charge in [-0.1, -0.05) is 53.1 Å². The van der Waals surface area contributed by atoms with Crippen LogP contribution in [0.25, 0.3) is 0 Å². The summed E-state index contributed by atoms with van der Waals surface area (Å²) in [6, 6.07) is 16.4. The zero-order chi connectivity index (χ0) is 15.4. The Morgan fingerprint density at radius 2 is 1.91 bits per heavy atom. The van der Waals surface area contributed by atoms with Crippen molar-refractivity contribution in [3.8, 4) is 0 Å². The van der Waals surface area contributed by atoms with Crippen LogP contribution in [0.3, 0.4) is 0 Å². The molecule has 0 aliphatic rings. The minimum Gasteiger partial charge on any atom is -0.407 e. The third kappa shape index (κ3) is 3.51. The summed E-state index contributed by atoms with van der Waals surface area (Å²) in [4.78, 5) is 12.0. The molecule has 3 rings (SSSR count). The summed E-state index contributed by atoms with van der Waals surface area (Å²) < 4.78 is 5.42. The van der Waals surface area contributed by atoms with Gasteiger partial charge in [-0.05, 0) is 23.8 Å². The molecular formula is C16H12ClN3O2. The Labute approximate surface area is 131 Å². The molecule has 1 aromatic heterocycles. The number of anilines is 1. The largest absolute Gasteiger partial charge is 0.407 e. The molecule has 0 aliphatic heterocycles. The monoisotopic (exact) mass is 313 g/mol. The third-order valence-electron chi connectivity index (χ3n) is 2.97. The Bertz CT molecular complexity index is 787. The van der Waals surface area contributed by atoms with Crippen LogP contribution >= 0.6 is 11.6 Å². The van der Waals surface area contributed by atoms with Gasteiger partial charge in [-0.25, -0.2) is 0 Å². The molecule has 0 saturated carbocycles. The van der Waals surface area contributed by atoms with E-state index in [1.807, 2.05) is 30.3 Å². The molecule has 1 amide bonds. The smallest absolute Gasteiger partial charge is 0.322 e. The molecule has 0 unspecified atom stereocenters. The van der Waals surface area contributed by atoms with E-state index in [9.17, 15) is 4.79 Å². The predicted molar refractivity (Wildman–Crippen MR) is 83.0 cm³/mol. The van der Waals surface area contributed by atoms with Gasteiger partial charge in [-0.3, -0.25) is 10.1 Å². The van der Waals surface area contributed by atoms with E-state index in [0.29, 0.717) is 22.9 Å². The molecule has 1 heterocycles. The second kappa shape index (κ2) is 6.41. The molecule has 6 heteroatoms. The molecule has 3 aromatic rings. The fourth-order valence-electron chi connectivity index (χ4n) is 1.95. The van der Waals surface area contributed by atoms with E-state index in [1.165, 1.54) is 0 Å². The molecule has 2 aromatic carbocycles. The summed E-state index contributed by atoms with van der Waals surface area (Å²) >= 11 is 5.85. The summed E-state index contributed by atoms with van der Waals surface area (Å²) in [5.41, 5.74) is 1.48. The maximum Gasteiger partial charge on any atom is 0.322 e. The first-order valence-corrected chi connectivity index (χ1v) is 7.02. The molecule has 1 N–H and O–H groups in total. The Morgan fingerprint density at radius 1 is 1.09 bits per heavy atom. The first-order chi connectivity index (χ1) is 10.7. The normalized spacial score (nSPS) is 10.4. The van der Waals surface area contributed by atoms with Crippen molar-refractivity contribution in [3.63, 3.8) is 0 Å². The van der Waals surface area contributed by atoms with Gasteiger partial charge >= 0.3 is 6.01 Å². The maximum absolute atomic E-state index is 12.0. The zero-order valence-electron chi connectivity index (χ0n) is 11.5. The summed E-state index contributed by atoms with van der Waals surface area (Å²) in [5.74, 6) is 0.0880. The maximum atomic E-state index is 12.0. The lowest BCUT2D eigenvalue weighted by atomic mass is 10.2. The van der Waals surface area contributed by atoms with Crippen molar-refractivity contribution in [1.82, 2.24) is 10.2 Å². The second-order valence-corrected chi connectivity index (χ2v) is 5.06. The van der Waals surface area contributed by atoms with Crippen molar-refractivity contribution in [3.05, 3.63) is 76.6 Å². The minimum atomic E-state index is -0.350. The van der Waals surface area contributed by atoms with Gasteiger partial charge in [0.25, 0.3) is 5.91 Å². The molecule has 0 bridgehead atoms. The van der Waals surface area contributed by atoms with Gasteiger partial charge in [-0.15, -0.1) is 5.10 Å². The number of carbonyl (C=O) groups is 1. The van der Waals surface area contributed by atoms with Crippen molar-refractivity contribution >= 4 is 23.5 Å². The van der Waals surface area contributed by atoms with E-state index in [4.69, 9.17) is 16.0 Å². The number of nitrogens with zero attached hydrogens (tertiary/aromatic N) is 2. The van der Waals surface area contributed by atoms with Crippen molar-refractivity contribution in [2.45, 2.75) is 6.42 Å². The fraction of sp³-hybridized carbons (Fsp3) is 0.0625. The molecule has 0 saturated heterocycles. The number of hydrogen-bond acceptors (Lipinski definition) is 4. The summed E-state index contributed by atoms with van der Waals surface area (Å²) in [7, 11) is 0. The molecule has 22 heavy (non-hydrogen) atoms. The van der Waals surface area contributed by atoms with Crippen LogP contribution in [0.5, 0.6) is 0 Å². The van der Waals surface area contributed by atoms with Crippen LogP contribution in [0.4, 0.5) is 6.01 Å². The third-order valence-corrected chi connectivity index (χ3v) is 3.21. The number of halogens is 1. The zero-order valence-corrected chi connectivity index (χ0v) is 12.2. The van der Waals surface area contributed by atoms with Crippen LogP contribution in [-0.4, -0.2) is 16.1 Å². The van der Waals surface area contributed by atoms with Crippen LogP contribution in [-0.2, 0) is 6.42 Å². The van der Waals surface area contributed by atoms with Crippen LogP contribution in [0.15, 0.2) is 59.0 Å². The lowest BCUT2D eigenvalue weighted by molar-refractivity contribution is 0.102. The summed E-state index contributed by atoms with van der Waals surface area (Å²) in [6.45, 7) is 0. The summed E-state index contributed by atoms with van der Waals surface area (Å²) in [5, 5.41) is 10.8. The number of carbonyl (C=O) groups excluding carboxylic acids is 1. The number of nitrogens with one attached hydrogen (secondary N) is 1. The molecule has 5 nitrogen and oxygen atoms in total. The summed E-state index contributed by atoms with van der Waals surface area (Å²) in [6.07, 6.45) is 0.515. The average molecular weight is 314 g/mol. The van der Waals surface area contributed by atoms with Crippen molar-refractivity contribution in [2.24, 2.45) is 0 Å². The van der Waals surface area contributed by atoms with Gasteiger partial charge in [0.15, 0.2) is 0 Å². The average Bonchev–Trinajstić information content (AvgIpc) is 2.95. The molecule has 0 fully saturated rings. The predicted octanol–water partition coefficient (Wildman–Crippen LogP) is 3.57. The van der Waals surface area contributed by atoms with Gasteiger partial charge in [0.2, 0.25) is 5.89 Å². The van der Waals surface area contributed by atoms with Gasteiger partial charge < -0.3 is 4.42 Å². The van der Waals surface area contributed by atoms with Crippen molar-refractivity contribution in [2.75, 3.05) is 5.32 Å². The molecule has 0 radical (unpaired) electrons. The topological polar surface area (TPSA) is 68.0 Å². The van der Waals surface area contributed by atoms with Crippen LogP contribution in [0.2, 0.25) is 5.02 Å². The Hall–Kier alpha value is -2.66. The van der Waals surface area contributed by atoms with Crippen LogP contribution in [0, 0.1) is 0 Å². The highest BCUT2D eigenvalue weighted by atomic mass is 35.5. The SMILES string of the molecule is O=C(Nc1nnc(Cc2ccccc2)o1)c1cccc(Cl)c1. The molecule has 0 aliphatic carbocycles. The molecular weight excluding hydrogens is 302 g/mol.